The Balaban J connectivity index is 3.66. The number of hydrogen-bond acceptors (Lipinski definition) is 3. The lowest BCUT2D eigenvalue weighted by Gasteiger charge is -2.17. The van der Waals surface area contributed by atoms with Gasteiger partial charge in [-0.15, -0.1) is 11.8 Å². The second kappa shape index (κ2) is 5.98. The summed E-state index contributed by atoms with van der Waals surface area (Å²) in [6, 6.07) is 0. The van der Waals surface area contributed by atoms with Gasteiger partial charge in [-0.05, 0) is 12.7 Å². The predicted molar refractivity (Wildman–Crippen MR) is 60.3 cm³/mol. The molecular weight excluding hydrogens is 229 g/mol. The number of hydrogen-bond donors (Lipinski definition) is 2. The molecule has 0 amide bonds. The summed E-state index contributed by atoms with van der Waals surface area (Å²) in [5.74, 6) is 0. The normalized spacial score (nSPS) is 11.4. The van der Waals surface area contributed by atoms with E-state index in [0.717, 1.165) is 4.32 Å². The fraction of sp³-hybridized carbons (Fsp3) is 0.833. The van der Waals surface area contributed by atoms with E-state index in [0.29, 0.717) is 13.0 Å². The average molecular weight is 243 g/mol. The summed E-state index contributed by atoms with van der Waals surface area (Å²) < 4.78 is 11.2. The van der Waals surface area contributed by atoms with Crippen molar-refractivity contribution in [3.05, 3.63) is 0 Å². The summed E-state index contributed by atoms with van der Waals surface area (Å²) in [5, 5.41) is 0. The van der Waals surface area contributed by atoms with Crippen LogP contribution in [0.5, 0.6) is 0 Å². The third kappa shape index (κ3) is 7.46. The number of thiocarbonyl (C=S) groups is 1. The molecule has 0 aliphatic rings. The van der Waals surface area contributed by atoms with Crippen molar-refractivity contribution in [1.29, 1.82) is 0 Å². The molecule has 0 atom stereocenters. The van der Waals surface area contributed by atoms with E-state index in [1.54, 1.807) is 0 Å². The molecule has 0 unspecified atom stereocenters. The zero-order valence-electron chi connectivity index (χ0n) is 7.63. The van der Waals surface area contributed by atoms with Crippen LogP contribution in [0.1, 0.15) is 6.42 Å². The second-order valence-electron chi connectivity index (χ2n) is 2.63. The lowest BCUT2D eigenvalue weighted by molar-refractivity contribution is 0.368. The summed E-state index contributed by atoms with van der Waals surface area (Å²) in [7, 11) is -2.02. The van der Waals surface area contributed by atoms with Crippen LogP contribution in [0.2, 0.25) is 0 Å². The Hall–Kier alpha value is 0.390. The van der Waals surface area contributed by atoms with Gasteiger partial charge in [0.1, 0.15) is 4.32 Å². The van der Waals surface area contributed by atoms with Gasteiger partial charge in [-0.3, -0.25) is 4.57 Å². The van der Waals surface area contributed by atoms with Crippen LogP contribution in [-0.4, -0.2) is 45.0 Å². The van der Waals surface area contributed by atoms with Crippen molar-refractivity contribution in [3.63, 3.8) is 0 Å². The van der Waals surface area contributed by atoms with E-state index in [1.807, 2.05) is 18.2 Å². The molecular formula is C6H14NO3PS2. The zero-order chi connectivity index (χ0) is 10.5. The molecule has 78 valence electrons. The molecule has 0 aliphatic carbocycles. The van der Waals surface area contributed by atoms with Gasteiger partial charge < -0.3 is 14.7 Å². The van der Waals surface area contributed by atoms with Crippen molar-refractivity contribution in [2.45, 2.75) is 6.42 Å². The maximum Gasteiger partial charge on any atom is 0.325 e. The first-order chi connectivity index (χ1) is 5.87. The van der Waals surface area contributed by atoms with Gasteiger partial charge in [0.2, 0.25) is 0 Å². The van der Waals surface area contributed by atoms with Crippen molar-refractivity contribution >= 4 is 35.9 Å². The second-order valence-corrected chi connectivity index (χ2v) is 5.85. The van der Waals surface area contributed by atoms with Crippen molar-refractivity contribution in [1.82, 2.24) is 4.90 Å². The van der Waals surface area contributed by atoms with Crippen molar-refractivity contribution in [3.8, 4) is 0 Å². The monoisotopic (exact) mass is 243 g/mol. The molecule has 0 aliphatic heterocycles. The van der Waals surface area contributed by atoms with Gasteiger partial charge in [-0.1, -0.05) is 12.2 Å². The van der Waals surface area contributed by atoms with Crippen molar-refractivity contribution < 1.29 is 14.4 Å². The first-order valence-corrected chi connectivity index (χ1v) is 7.13. The molecule has 2 N–H and O–H groups in total. The molecule has 0 rings (SSSR count). The van der Waals surface area contributed by atoms with Gasteiger partial charge >= 0.3 is 7.60 Å². The average Bonchev–Trinajstić information content (AvgIpc) is 2.00. The highest BCUT2D eigenvalue weighted by Crippen LogP contribution is 2.34. The summed E-state index contributed by atoms with van der Waals surface area (Å²) >= 11 is 6.43. The van der Waals surface area contributed by atoms with Crippen LogP contribution in [0.4, 0.5) is 0 Å². The molecule has 0 bridgehead atoms. The van der Waals surface area contributed by atoms with Crippen molar-refractivity contribution in [2.24, 2.45) is 0 Å². The van der Waals surface area contributed by atoms with E-state index in [-0.39, 0.29) is 6.16 Å². The standard InChI is InChI=1S/C6H14NO3PS2/c1-7(6(12)13-2)4-3-5-11(8,9)10/h3-5H2,1-2H3,(H2,8,9,10). The van der Waals surface area contributed by atoms with Gasteiger partial charge in [0.15, 0.2) is 0 Å². The molecule has 13 heavy (non-hydrogen) atoms. The molecule has 0 saturated heterocycles. The Labute approximate surface area is 87.9 Å². The first-order valence-electron chi connectivity index (χ1n) is 3.70. The molecule has 0 aromatic rings. The molecule has 7 heteroatoms. The minimum Gasteiger partial charge on any atom is -0.361 e. The molecule has 0 radical (unpaired) electrons. The predicted octanol–water partition coefficient (Wildman–Crippen LogP) is 1.13. The van der Waals surface area contributed by atoms with E-state index in [4.69, 9.17) is 22.0 Å². The van der Waals surface area contributed by atoms with Gasteiger partial charge in [0.25, 0.3) is 0 Å². The third-order valence-corrected chi connectivity index (χ3v) is 3.80. The van der Waals surface area contributed by atoms with E-state index in [9.17, 15) is 4.57 Å². The smallest absolute Gasteiger partial charge is 0.325 e. The van der Waals surface area contributed by atoms with Crippen LogP contribution in [0.25, 0.3) is 0 Å². The van der Waals surface area contributed by atoms with E-state index in [2.05, 4.69) is 0 Å². The van der Waals surface area contributed by atoms with Gasteiger partial charge in [-0.2, -0.15) is 0 Å². The van der Waals surface area contributed by atoms with Crippen molar-refractivity contribution in [2.75, 3.05) is 26.0 Å². The minimum atomic E-state index is -3.84. The topological polar surface area (TPSA) is 60.8 Å². The van der Waals surface area contributed by atoms with Crippen LogP contribution < -0.4 is 0 Å². The highest BCUT2D eigenvalue weighted by Gasteiger charge is 2.12. The Morgan fingerprint density at radius 1 is 1.62 bits per heavy atom. The Kier molecular flexibility index (Phi) is 6.16. The Morgan fingerprint density at radius 3 is 2.54 bits per heavy atom. The Bertz CT molecular complexity index is 218. The first kappa shape index (κ1) is 13.4. The molecule has 4 nitrogen and oxygen atoms in total. The van der Waals surface area contributed by atoms with Crippen LogP contribution in [0, 0.1) is 0 Å². The number of rotatable bonds is 4. The lowest BCUT2D eigenvalue weighted by atomic mass is 10.5. The molecule has 0 fully saturated rings. The van der Waals surface area contributed by atoms with Gasteiger partial charge in [0.05, 0.1) is 6.16 Å². The highest BCUT2D eigenvalue weighted by molar-refractivity contribution is 8.22. The van der Waals surface area contributed by atoms with Crippen LogP contribution >= 0.6 is 31.6 Å². The summed E-state index contributed by atoms with van der Waals surface area (Å²) in [4.78, 5) is 19.0. The van der Waals surface area contributed by atoms with E-state index >= 15 is 0 Å². The third-order valence-electron chi connectivity index (χ3n) is 1.43. The summed E-state index contributed by atoms with van der Waals surface area (Å²) in [5.41, 5.74) is 0. The quantitative estimate of drug-likeness (QED) is 0.570. The molecule has 0 saturated carbocycles. The minimum absolute atomic E-state index is 0.0751. The van der Waals surface area contributed by atoms with Crippen LogP contribution in [0.15, 0.2) is 0 Å². The van der Waals surface area contributed by atoms with Crippen LogP contribution in [0.3, 0.4) is 0 Å². The molecule has 0 aromatic heterocycles. The number of nitrogens with zero attached hydrogens (tertiary/aromatic N) is 1. The highest BCUT2D eigenvalue weighted by atomic mass is 32.2. The zero-order valence-corrected chi connectivity index (χ0v) is 10.2. The molecule has 0 heterocycles. The Morgan fingerprint density at radius 2 is 2.15 bits per heavy atom. The summed E-state index contributed by atoms with van der Waals surface area (Å²) in [6.07, 6.45) is 2.26. The van der Waals surface area contributed by atoms with Gasteiger partial charge in [0, 0.05) is 13.6 Å². The summed E-state index contributed by atoms with van der Waals surface area (Å²) in [6.45, 7) is 0.588. The SMILES string of the molecule is CSC(=S)N(C)CCCP(=O)(O)O. The fourth-order valence-electron chi connectivity index (χ4n) is 0.761. The molecule has 0 aromatic carbocycles. The lowest BCUT2D eigenvalue weighted by Crippen LogP contribution is -2.23. The van der Waals surface area contributed by atoms with E-state index in [1.165, 1.54) is 11.8 Å². The maximum atomic E-state index is 10.5. The van der Waals surface area contributed by atoms with Gasteiger partial charge in [-0.25, -0.2) is 0 Å². The molecule has 0 spiro atoms. The number of thioether (sulfide) groups is 1. The largest absolute Gasteiger partial charge is 0.361 e. The maximum absolute atomic E-state index is 10.5. The van der Waals surface area contributed by atoms with Crippen LogP contribution in [-0.2, 0) is 4.57 Å². The fourth-order valence-corrected chi connectivity index (χ4v) is 1.81. The van der Waals surface area contributed by atoms with E-state index < -0.39 is 7.60 Å².